The monoisotopic (exact) mass is 589 g/mol. The zero-order chi connectivity index (χ0) is 26.4. The van der Waals surface area contributed by atoms with E-state index in [9.17, 15) is 9.59 Å². The molecule has 0 spiro atoms. The molecule has 1 N–H and O–H groups in total. The van der Waals surface area contributed by atoms with Crippen LogP contribution in [0.15, 0.2) is 53.0 Å². The third-order valence-corrected chi connectivity index (χ3v) is 6.56. The van der Waals surface area contributed by atoms with Gasteiger partial charge in [-0.15, -0.1) is 0 Å². The Morgan fingerprint density at radius 3 is 1.97 bits per heavy atom. The molecule has 0 aliphatic carbocycles. The molecule has 186 valence electrons. The third-order valence-electron chi connectivity index (χ3n) is 5.51. The lowest BCUT2D eigenvalue weighted by Crippen LogP contribution is -2.43. The van der Waals surface area contributed by atoms with Gasteiger partial charge >= 0.3 is 5.97 Å². The van der Waals surface area contributed by atoms with Crippen LogP contribution in [0.5, 0.6) is 11.5 Å². The van der Waals surface area contributed by atoms with Crippen LogP contribution >= 0.6 is 39.1 Å². The number of carbonyl (C=O) groups is 2. The van der Waals surface area contributed by atoms with E-state index in [0.717, 1.165) is 22.3 Å². The van der Waals surface area contributed by atoms with Crippen molar-refractivity contribution >= 4 is 58.9 Å². The topological polar surface area (TPSA) is 73.9 Å². The van der Waals surface area contributed by atoms with E-state index in [1.807, 2.05) is 36.4 Å². The first-order valence-electron chi connectivity index (χ1n) is 10.8. The third kappa shape index (κ3) is 6.36. The molecule has 0 heterocycles. The van der Waals surface area contributed by atoms with E-state index < -0.39 is 17.9 Å². The second-order valence-electron chi connectivity index (χ2n) is 7.77. The fourth-order valence-corrected chi connectivity index (χ4v) is 5.12. The molecule has 1 amide bonds. The van der Waals surface area contributed by atoms with E-state index in [1.54, 1.807) is 26.4 Å². The van der Waals surface area contributed by atoms with Crippen molar-refractivity contribution in [3.05, 3.63) is 79.7 Å². The Hall–Kier alpha value is -2.68. The van der Waals surface area contributed by atoms with Gasteiger partial charge in [0, 0.05) is 10.9 Å². The Bertz CT molecular complexity index is 1220. The van der Waals surface area contributed by atoms with Crippen molar-refractivity contribution in [2.75, 3.05) is 21.3 Å². The molecule has 10 heteroatoms. The standard InChI is InChI=1S/C26H23BBrCl2NO5/c1-34-21-9-15(13-27)10-22(35-2)23(21)16-6-4-14(5-7-16)8-20(26(33)36-3)31-25(32)24-18(29)11-17(28)12-19(24)30/h4-7,9-12,20H,8,13H2,1-3H3,(H,31,32). The minimum Gasteiger partial charge on any atom is -0.496 e. The first-order valence-corrected chi connectivity index (χ1v) is 12.3. The Morgan fingerprint density at radius 1 is 0.944 bits per heavy atom. The second-order valence-corrected chi connectivity index (χ2v) is 9.50. The highest BCUT2D eigenvalue weighted by Gasteiger charge is 2.25. The maximum atomic E-state index is 12.9. The molecule has 0 bridgehead atoms. The molecule has 3 rings (SSSR count). The lowest BCUT2D eigenvalue weighted by atomic mass is 9.93. The number of ether oxygens (including phenoxy) is 3. The summed E-state index contributed by atoms with van der Waals surface area (Å²) >= 11 is 15.7. The highest BCUT2D eigenvalue weighted by molar-refractivity contribution is 9.10. The van der Waals surface area contributed by atoms with Crippen molar-refractivity contribution in [2.24, 2.45) is 0 Å². The largest absolute Gasteiger partial charge is 0.496 e. The van der Waals surface area contributed by atoms with Crippen LogP contribution in [0, 0.1) is 0 Å². The van der Waals surface area contributed by atoms with Gasteiger partial charge < -0.3 is 19.5 Å². The molecule has 0 saturated carbocycles. The molecule has 1 unspecified atom stereocenters. The van der Waals surface area contributed by atoms with E-state index in [2.05, 4.69) is 21.2 Å². The van der Waals surface area contributed by atoms with Crippen molar-refractivity contribution in [1.29, 1.82) is 0 Å². The first-order chi connectivity index (χ1) is 17.2. The van der Waals surface area contributed by atoms with E-state index in [1.165, 1.54) is 7.11 Å². The molecule has 3 aromatic rings. The Morgan fingerprint density at radius 2 is 1.50 bits per heavy atom. The summed E-state index contributed by atoms with van der Waals surface area (Å²) in [6.07, 6.45) is 0.536. The van der Waals surface area contributed by atoms with E-state index in [0.29, 0.717) is 22.3 Å². The molecule has 0 aliphatic rings. The lowest BCUT2D eigenvalue weighted by molar-refractivity contribution is -0.142. The number of nitrogens with one attached hydrogen (secondary N) is 1. The van der Waals surface area contributed by atoms with Crippen molar-refractivity contribution in [3.63, 3.8) is 0 Å². The van der Waals surface area contributed by atoms with Gasteiger partial charge in [-0.25, -0.2) is 4.79 Å². The highest BCUT2D eigenvalue weighted by atomic mass is 79.9. The molecular weight excluding hydrogens is 568 g/mol. The number of amides is 1. The Kier molecular flexibility index (Phi) is 9.71. The summed E-state index contributed by atoms with van der Waals surface area (Å²) < 4.78 is 16.7. The molecule has 0 fully saturated rings. The van der Waals surface area contributed by atoms with Crippen LogP contribution in [0.1, 0.15) is 21.5 Å². The van der Waals surface area contributed by atoms with E-state index >= 15 is 0 Å². The maximum absolute atomic E-state index is 12.9. The molecular formula is C26H23BBrCl2NO5. The minimum absolute atomic E-state index is 0.0749. The van der Waals surface area contributed by atoms with Gasteiger partial charge in [-0.3, -0.25) is 4.79 Å². The van der Waals surface area contributed by atoms with Crippen LogP contribution < -0.4 is 14.8 Å². The zero-order valence-corrected chi connectivity index (χ0v) is 23.0. The predicted octanol–water partition coefficient (Wildman–Crippen LogP) is 5.62. The van der Waals surface area contributed by atoms with E-state index in [-0.39, 0.29) is 22.0 Å². The summed E-state index contributed by atoms with van der Waals surface area (Å²) in [4.78, 5) is 25.4. The summed E-state index contributed by atoms with van der Waals surface area (Å²) in [6, 6.07) is 13.4. The van der Waals surface area contributed by atoms with Crippen molar-refractivity contribution < 1.29 is 23.8 Å². The maximum Gasteiger partial charge on any atom is 0.328 e. The zero-order valence-electron chi connectivity index (χ0n) is 19.9. The number of hydrogen-bond acceptors (Lipinski definition) is 5. The van der Waals surface area contributed by atoms with Crippen LogP contribution in [0.2, 0.25) is 10.0 Å². The van der Waals surface area contributed by atoms with Gasteiger partial charge in [0.25, 0.3) is 5.91 Å². The average molecular weight is 591 g/mol. The van der Waals surface area contributed by atoms with Crippen molar-refractivity contribution in [3.8, 4) is 22.6 Å². The normalized spacial score (nSPS) is 11.5. The van der Waals surface area contributed by atoms with Crippen LogP contribution in [0.3, 0.4) is 0 Å². The number of methoxy groups -OCH3 is 3. The number of hydrogen-bond donors (Lipinski definition) is 1. The van der Waals surface area contributed by atoms with Gasteiger partial charge in [-0.05, 0) is 41.0 Å². The Balaban J connectivity index is 1.87. The first kappa shape index (κ1) is 27.9. The molecule has 6 nitrogen and oxygen atoms in total. The summed E-state index contributed by atoms with van der Waals surface area (Å²) in [5, 5.41) is 2.99. The summed E-state index contributed by atoms with van der Waals surface area (Å²) in [7, 11) is 10.2. The number of benzene rings is 3. The lowest BCUT2D eigenvalue weighted by Gasteiger charge is -2.18. The quantitative estimate of drug-likeness (QED) is 0.259. The summed E-state index contributed by atoms with van der Waals surface area (Å²) in [5.74, 6) is 0.0764. The second kappa shape index (κ2) is 12.5. The van der Waals surface area contributed by atoms with Crippen LogP contribution in [-0.4, -0.2) is 47.1 Å². The van der Waals surface area contributed by atoms with E-state index in [4.69, 9.17) is 45.3 Å². The van der Waals surface area contributed by atoms with Gasteiger partial charge in [-0.2, -0.15) is 0 Å². The average Bonchev–Trinajstić information content (AvgIpc) is 2.86. The molecule has 36 heavy (non-hydrogen) atoms. The number of esters is 1. The van der Waals surface area contributed by atoms with Crippen LogP contribution in [-0.2, 0) is 22.3 Å². The minimum atomic E-state index is -0.961. The fraction of sp³-hybridized carbons (Fsp3) is 0.231. The fourth-order valence-electron chi connectivity index (χ4n) is 3.74. The van der Waals surface area contributed by atoms with Gasteiger partial charge in [0.15, 0.2) is 0 Å². The van der Waals surface area contributed by atoms with Gasteiger partial charge in [0.2, 0.25) is 0 Å². The molecule has 1 atom stereocenters. The SMILES string of the molecule is [B]Cc1cc(OC)c(-c2ccc(CC(NC(=O)c3c(Cl)cc(Br)cc3Cl)C(=O)OC)cc2)c(OC)c1. The summed E-state index contributed by atoms with van der Waals surface area (Å²) in [5.41, 5.74) is 3.38. The number of halogens is 3. The molecule has 0 aromatic heterocycles. The van der Waals surface area contributed by atoms with Gasteiger partial charge in [0.05, 0.1) is 50.3 Å². The number of rotatable bonds is 9. The van der Waals surface area contributed by atoms with Crippen molar-refractivity contribution in [2.45, 2.75) is 18.8 Å². The molecule has 3 aromatic carbocycles. The smallest absolute Gasteiger partial charge is 0.328 e. The molecule has 0 aliphatic heterocycles. The Labute approximate surface area is 229 Å². The van der Waals surface area contributed by atoms with Crippen LogP contribution in [0.25, 0.3) is 11.1 Å². The van der Waals surface area contributed by atoms with Gasteiger partial charge in [-0.1, -0.05) is 69.7 Å². The molecule has 2 radical (unpaired) electrons. The number of carbonyl (C=O) groups excluding carboxylic acids is 2. The molecule has 0 saturated heterocycles. The predicted molar refractivity (Wildman–Crippen MR) is 146 cm³/mol. The van der Waals surface area contributed by atoms with Crippen LogP contribution in [0.4, 0.5) is 0 Å². The summed E-state index contributed by atoms with van der Waals surface area (Å²) in [6.45, 7) is 0. The highest BCUT2D eigenvalue weighted by Crippen LogP contribution is 2.39. The van der Waals surface area contributed by atoms with Gasteiger partial charge in [0.1, 0.15) is 17.5 Å². The van der Waals surface area contributed by atoms with Crippen molar-refractivity contribution in [1.82, 2.24) is 5.32 Å².